The van der Waals surface area contributed by atoms with Crippen LogP contribution in [0.4, 0.5) is 0 Å². The monoisotopic (exact) mass is 258 g/mol. The van der Waals surface area contributed by atoms with Crippen LogP contribution in [0.25, 0.3) is 11.0 Å². The molecule has 19 heavy (non-hydrogen) atoms. The summed E-state index contributed by atoms with van der Waals surface area (Å²) in [7, 11) is 0. The fraction of sp³-hybridized carbons (Fsp3) is 0.167. The number of fused-ring (bicyclic) bond motifs is 1. The van der Waals surface area contributed by atoms with E-state index in [-0.39, 0.29) is 5.56 Å². The number of carboxylic acid groups (broad SMARTS) is 1. The second-order valence-electron chi connectivity index (χ2n) is 4.03. The van der Waals surface area contributed by atoms with Gasteiger partial charge in [-0.2, -0.15) is 4.98 Å². The highest BCUT2D eigenvalue weighted by Crippen LogP contribution is 2.15. The van der Waals surface area contributed by atoms with E-state index in [0.717, 1.165) is 11.0 Å². The minimum Gasteiger partial charge on any atom is -0.478 e. The molecular weight excluding hydrogens is 248 g/mol. The fourth-order valence-electron chi connectivity index (χ4n) is 1.89. The molecule has 0 unspecified atom stereocenters. The van der Waals surface area contributed by atoms with E-state index < -0.39 is 5.97 Å². The van der Waals surface area contributed by atoms with E-state index in [0.29, 0.717) is 18.9 Å². The summed E-state index contributed by atoms with van der Waals surface area (Å²) in [6.07, 6.45) is 3.60. The molecule has 0 aliphatic rings. The van der Waals surface area contributed by atoms with E-state index in [2.05, 4.69) is 15.1 Å². The second-order valence-corrected chi connectivity index (χ2v) is 4.03. The van der Waals surface area contributed by atoms with Crippen LogP contribution in [0, 0.1) is 0 Å². The van der Waals surface area contributed by atoms with Gasteiger partial charge in [-0.15, -0.1) is 0 Å². The third-order valence-corrected chi connectivity index (χ3v) is 2.84. The van der Waals surface area contributed by atoms with Crippen LogP contribution < -0.4 is 0 Å². The second kappa shape index (κ2) is 4.52. The van der Waals surface area contributed by atoms with Gasteiger partial charge in [0.25, 0.3) is 0 Å². The standard InChI is InChI=1S/C12H10N4O3/c17-12(18)8-1-2-9-10(5-8)16(7-14-9)4-3-11-13-6-15-19-11/h1-2,5-7H,3-4H2,(H,17,18). The van der Waals surface area contributed by atoms with Gasteiger partial charge in [-0.25, -0.2) is 9.78 Å². The van der Waals surface area contributed by atoms with Gasteiger partial charge in [-0.3, -0.25) is 0 Å². The Morgan fingerprint density at radius 2 is 2.26 bits per heavy atom. The lowest BCUT2D eigenvalue weighted by Gasteiger charge is -2.02. The predicted octanol–water partition coefficient (Wildman–Crippen LogP) is 1.36. The van der Waals surface area contributed by atoms with Gasteiger partial charge in [0.15, 0.2) is 6.33 Å². The van der Waals surface area contributed by atoms with Gasteiger partial charge >= 0.3 is 5.97 Å². The van der Waals surface area contributed by atoms with Crippen molar-refractivity contribution in [2.24, 2.45) is 0 Å². The molecule has 0 spiro atoms. The summed E-state index contributed by atoms with van der Waals surface area (Å²) in [6, 6.07) is 4.85. The van der Waals surface area contributed by atoms with Gasteiger partial charge in [-0.1, -0.05) is 5.16 Å². The molecule has 2 heterocycles. The number of hydrogen-bond acceptors (Lipinski definition) is 5. The number of nitrogens with zero attached hydrogens (tertiary/aromatic N) is 4. The summed E-state index contributed by atoms with van der Waals surface area (Å²) >= 11 is 0. The molecule has 0 radical (unpaired) electrons. The van der Waals surface area contributed by atoms with Crippen LogP contribution in [-0.4, -0.2) is 30.8 Å². The van der Waals surface area contributed by atoms with Crippen LogP contribution in [0.2, 0.25) is 0 Å². The number of carboxylic acids is 1. The van der Waals surface area contributed by atoms with E-state index in [1.165, 1.54) is 6.33 Å². The number of rotatable bonds is 4. The van der Waals surface area contributed by atoms with Crippen molar-refractivity contribution in [2.45, 2.75) is 13.0 Å². The average Bonchev–Trinajstić information content (AvgIpc) is 3.05. The smallest absolute Gasteiger partial charge is 0.335 e. The highest BCUT2D eigenvalue weighted by molar-refractivity contribution is 5.92. The van der Waals surface area contributed by atoms with Crippen LogP contribution >= 0.6 is 0 Å². The number of imidazole rings is 1. The lowest BCUT2D eigenvalue weighted by molar-refractivity contribution is 0.0697. The van der Waals surface area contributed by atoms with Crippen molar-refractivity contribution in [1.29, 1.82) is 0 Å². The lowest BCUT2D eigenvalue weighted by atomic mass is 10.2. The molecule has 96 valence electrons. The van der Waals surface area contributed by atoms with Gasteiger partial charge in [0, 0.05) is 13.0 Å². The Bertz CT molecular complexity index is 718. The molecule has 7 heteroatoms. The Morgan fingerprint density at radius 3 is 3.00 bits per heavy atom. The number of aryl methyl sites for hydroxylation is 2. The first-order valence-corrected chi connectivity index (χ1v) is 5.68. The van der Waals surface area contributed by atoms with Crippen LogP contribution in [-0.2, 0) is 13.0 Å². The summed E-state index contributed by atoms with van der Waals surface area (Å²) in [6.45, 7) is 0.599. The predicted molar refractivity (Wildman–Crippen MR) is 64.7 cm³/mol. The Morgan fingerprint density at radius 1 is 1.37 bits per heavy atom. The first kappa shape index (κ1) is 11.4. The molecule has 7 nitrogen and oxygen atoms in total. The zero-order valence-electron chi connectivity index (χ0n) is 9.85. The third-order valence-electron chi connectivity index (χ3n) is 2.84. The number of hydrogen-bond donors (Lipinski definition) is 1. The minimum atomic E-state index is -0.952. The quantitative estimate of drug-likeness (QED) is 0.759. The number of carbonyl (C=O) groups is 1. The van der Waals surface area contributed by atoms with Gasteiger partial charge < -0.3 is 14.2 Å². The summed E-state index contributed by atoms with van der Waals surface area (Å²) in [5.74, 6) is -0.414. The van der Waals surface area contributed by atoms with Crippen molar-refractivity contribution in [3.8, 4) is 0 Å². The molecule has 2 aromatic heterocycles. The molecule has 0 saturated carbocycles. The molecule has 1 N–H and O–H groups in total. The van der Waals surface area contributed by atoms with Crippen molar-refractivity contribution in [1.82, 2.24) is 19.7 Å². The molecule has 0 bridgehead atoms. The van der Waals surface area contributed by atoms with Crippen LogP contribution in [0.3, 0.4) is 0 Å². The molecule has 1 aromatic carbocycles. The first-order chi connectivity index (χ1) is 9.24. The maximum absolute atomic E-state index is 11.0. The van der Waals surface area contributed by atoms with Crippen molar-refractivity contribution >= 4 is 17.0 Å². The topological polar surface area (TPSA) is 94.0 Å². The number of aromatic carboxylic acids is 1. The Labute approximate surface area is 107 Å². The lowest BCUT2D eigenvalue weighted by Crippen LogP contribution is -2.01. The molecule has 3 aromatic rings. The fourth-order valence-corrected chi connectivity index (χ4v) is 1.89. The minimum absolute atomic E-state index is 0.243. The molecular formula is C12H10N4O3. The molecule has 0 aliphatic heterocycles. The van der Waals surface area contributed by atoms with Crippen molar-refractivity contribution in [2.75, 3.05) is 0 Å². The SMILES string of the molecule is O=C(O)c1ccc2ncn(CCc3ncno3)c2c1. The summed E-state index contributed by atoms with van der Waals surface area (Å²) in [4.78, 5) is 19.1. The first-order valence-electron chi connectivity index (χ1n) is 5.68. The molecule has 0 aliphatic carbocycles. The van der Waals surface area contributed by atoms with Crippen LogP contribution in [0.15, 0.2) is 35.4 Å². The Hall–Kier alpha value is -2.70. The summed E-state index contributed by atoms with van der Waals surface area (Å²) < 4.78 is 6.78. The summed E-state index contributed by atoms with van der Waals surface area (Å²) in [5.41, 5.74) is 1.78. The summed E-state index contributed by atoms with van der Waals surface area (Å²) in [5, 5.41) is 12.5. The third kappa shape index (κ3) is 2.17. The van der Waals surface area contributed by atoms with E-state index in [9.17, 15) is 4.79 Å². The van der Waals surface area contributed by atoms with E-state index in [4.69, 9.17) is 9.63 Å². The van der Waals surface area contributed by atoms with E-state index in [1.54, 1.807) is 24.5 Å². The van der Waals surface area contributed by atoms with Gasteiger partial charge in [0.2, 0.25) is 5.89 Å². The largest absolute Gasteiger partial charge is 0.478 e. The zero-order chi connectivity index (χ0) is 13.2. The highest BCUT2D eigenvalue weighted by Gasteiger charge is 2.08. The van der Waals surface area contributed by atoms with Gasteiger partial charge in [0.05, 0.1) is 22.9 Å². The molecule has 0 saturated heterocycles. The number of benzene rings is 1. The van der Waals surface area contributed by atoms with Crippen molar-refractivity contribution in [3.63, 3.8) is 0 Å². The Balaban J connectivity index is 1.90. The molecule has 0 fully saturated rings. The zero-order valence-corrected chi connectivity index (χ0v) is 9.85. The van der Waals surface area contributed by atoms with Crippen molar-refractivity contribution in [3.05, 3.63) is 42.3 Å². The molecule has 0 amide bonds. The number of aromatic nitrogens is 4. The van der Waals surface area contributed by atoms with Crippen LogP contribution in [0.1, 0.15) is 16.2 Å². The normalized spacial score (nSPS) is 10.9. The highest BCUT2D eigenvalue weighted by atomic mass is 16.5. The molecule has 3 rings (SSSR count). The van der Waals surface area contributed by atoms with E-state index >= 15 is 0 Å². The average molecular weight is 258 g/mol. The van der Waals surface area contributed by atoms with Crippen LogP contribution in [0.5, 0.6) is 0 Å². The van der Waals surface area contributed by atoms with Gasteiger partial charge in [-0.05, 0) is 18.2 Å². The van der Waals surface area contributed by atoms with Crippen molar-refractivity contribution < 1.29 is 14.4 Å². The maximum atomic E-state index is 11.0. The maximum Gasteiger partial charge on any atom is 0.335 e. The molecule has 0 atom stereocenters. The Kier molecular flexibility index (Phi) is 2.71. The van der Waals surface area contributed by atoms with E-state index in [1.807, 2.05) is 4.57 Å². The van der Waals surface area contributed by atoms with Gasteiger partial charge in [0.1, 0.15) is 0 Å².